The molecule has 2 saturated heterocycles. The fourth-order valence-corrected chi connectivity index (χ4v) is 3.58. The van der Waals surface area contributed by atoms with E-state index in [4.69, 9.17) is 9.84 Å². The van der Waals surface area contributed by atoms with Gasteiger partial charge in [0.05, 0.1) is 18.8 Å². The average Bonchev–Trinajstić information content (AvgIpc) is 3.43. The van der Waals surface area contributed by atoms with Crippen LogP contribution in [0.2, 0.25) is 0 Å². The van der Waals surface area contributed by atoms with Crippen molar-refractivity contribution in [3.63, 3.8) is 0 Å². The Labute approximate surface area is 155 Å². The number of cyclic esters (lactones) is 1. The Morgan fingerprint density at radius 3 is 2.30 bits per heavy atom. The van der Waals surface area contributed by atoms with Gasteiger partial charge in [0.15, 0.2) is 11.6 Å². The summed E-state index contributed by atoms with van der Waals surface area (Å²) in [7, 11) is 0. The molecule has 2 aliphatic heterocycles. The number of amides is 2. The fraction of sp³-hybridized carbons (Fsp3) is 0.556. The van der Waals surface area contributed by atoms with E-state index in [0.717, 1.165) is 29.9 Å². The van der Waals surface area contributed by atoms with Crippen LogP contribution < -0.4 is 9.80 Å². The molecule has 0 spiro atoms. The van der Waals surface area contributed by atoms with Gasteiger partial charge in [-0.1, -0.05) is 0 Å². The fourth-order valence-electron chi connectivity index (χ4n) is 3.58. The third kappa shape index (κ3) is 3.43. The molecule has 4 rings (SSSR count). The zero-order valence-corrected chi connectivity index (χ0v) is 14.7. The quantitative estimate of drug-likeness (QED) is 0.852. The summed E-state index contributed by atoms with van der Waals surface area (Å²) < 4.78 is 34.2. The van der Waals surface area contributed by atoms with Crippen molar-refractivity contribution in [2.24, 2.45) is 5.92 Å². The third-order valence-corrected chi connectivity index (χ3v) is 5.23. The number of piperazine rings is 1. The van der Waals surface area contributed by atoms with Gasteiger partial charge in [-0.3, -0.25) is 9.69 Å². The van der Waals surface area contributed by atoms with E-state index in [1.807, 2.05) is 0 Å². The first-order chi connectivity index (χ1) is 13.0. The summed E-state index contributed by atoms with van der Waals surface area (Å²) in [6, 6.07) is 2.20. The molecule has 0 bridgehead atoms. The molecule has 146 valence electrons. The highest BCUT2D eigenvalue weighted by Gasteiger charge is 2.36. The molecule has 9 heteroatoms. The lowest BCUT2D eigenvalue weighted by Gasteiger charge is -2.36. The van der Waals surface area contributed by atoms with Gasteiger partial charge in [0.2, 0.25) is 5.91 Å². The van der Waals surface area contributed by atoms with Crippen LogP contribution in [0.25, 0.3) is 0 Å². The van der Waals surface area contributed by atoms with Gasteiger partial charge in [0.25, 0.3) is 0 Å². The van der Waals surface area contributed by atoms with Crippen molar-refractivity contribution in [3.05, 3.63) is 23.8 Å². The summed E-state index contributed by atoms with van der Waals surface area (Å²) in [6.45, 7) is 1.26. The van der Waals surface area contributed by atoms with Gasteiger partial charge in [-0.25, -0.2) is 13.6 Å². The number of aliphatic hydroxyl groups is 1. The number of aliphatic hydroxyl groups excluding tert-OH is 1. The summed E-state index contributed by atoms with van der Waals surface area (Å²) >= 11 is 0. The lowest BCUT2D eigenvalue weighted by atomic mass is 10.2. The van der Waals surface area contributed by atoms with Crippen LogP contribution in [-0.2, 0) is 9.53 Å². The number of halogens is 2. The molecule has 0 radical (unpaired) electrons. The molecule has 0 unspecified atom stereocenters. The molecule has 2 heterocycles. The minimum absolute atomic E-state index is 0.0372. The first-order valence-corrected chi connectivity index (χ1v) is 9.09. The molecule has 27 heavy (non-hydrogen) atoms. The maximum absolute atomic E-state index is 14.7. The first kappa shape index (κ1) is 18.0. The number of nitrogens with zero attached hydrogens (tertiary/aromatic N) is 3. The highest BCUT2D eigenvalue weighted by Crippen LogP contribution is 2.33. The van der Waals surface area contributed by atoms with Gasteiger partial charge < -0.3 is 19.6 Å². The van der Waals surface area contributed by atoms with Crippen LogP contribution in [0.1, 0.15) is 12.8 Å². The number of carbonyl (C=O) groups is 2. The number of hydrogen-bond acceptors (Lipinski definition) is 5. The number of benzene rings is 1. The third-order valence-electron chi connectivity index (χ3n) is 5.23. The van der Waals surface area contributed by atoms with E-state index < -0.39 is 23.8 Å². The van der Waals surface area contributed by atoms with E-state index in [9.17, 15) is 18.4 Å². The number of hydrogen-bond donors (Lipinski definition) is 1. The molecule has 2 amide bonds. The molecule has 1 atom stereocenters. The normalized spacial score (nSPS) is 23.0. The highest BCUT2D eigenvalue weighted by molar-refractivity contribution is 5.90. The van der Waals surface area contributed by atoms with Gasteiger partial charge in [-0.05, 0) is 12.8 Å². The Morgan fingerprint density at radius 2 is 1.78 bits per heavy atom. The number of anilines is 2. The van der Waals surface area contributed by atoms with Crippen molar-refractivity contribution in [2.75, 3.05) is 49.1 Å². The van der Waals surface area contributed by atoms with E-state index in [1.54, 1.807) is 9.80 Å². The van der Waals surface area contributed by atoms with Crippen molar-refractivity contribution >= 4 is 23.4 Å². The predicted molar refractivity (Wildman–Crippen MR) is 92.6 cm³/mol. The van der Waals surface area contributed by atoms with Crippen molar-refractivity contribution in [2.45, 2.75) is 18.9 Å². The van der Waals surface area contributed by atoms with Crippen LogP contribution in [0.3, 0.4) is 0 Å². The number of carbonyl (C=O) groups excluding carboxylic acids is 2. The van der Waals surface area contributed by atoms with E-state index in [2.05, 4.69) is 0 Å². The number of rotatable bonds is 4. The largest absolute Gasteiger partial charge is 0.441 e. The summed E-state index contributed by atoms with van der Waals surface area (Å²) in [5, 5.41) is 9.08. The van der Waals surface area contributed by atoms with Crippen LogP contribution in [0.15, 0.2) is 12.1 Å². The molecule has 3 aliphatic rings. The number of ether oxygens (including phenoxy) is 1. The molecule has 1 saturated carbocycles. The minimum atomic E-state index is -0.771. The molecule has 1 aromatic carbocycles. The Kier molecular flexibility index (Phi) is 4.63. The lowest BCUT2D eigenvalue weighted by Crippen LogP contribution is -2.49. The van der Waals surface area contributed by atoms with Crippen LogP contribution in [0.4, 0.5) is 25.0 Å². The van der Waals surface area contributed by atoms with Gasteiger partial charge in [-0.15, -0.1) is 0 Å². The van der Waals surface area contributed by atoms with Crippen LogP contribution in [0, 0.1) is 17.6 Å². The van der Waals surface area contributed by atoms with Gasteiger partial charge in [0, 0.05) is 44.2 Å². The monoisotopic (exact) mass is 381 g/mol. The Balaban J connectivity index is 1.48. The zero-order valence-electron chi connectivity index (χ0n) is 14.7. The summed E-state index contributed by atoms with van der Waals surface area (Å²) in [5.74, 6) is -1.27. The molecule has 0 aromatic heterocycles. The first-order valence-electron chi connectivity index (χ1n) is 9.09. The molecular weight excluding hydrogens is 360 g/mol. The molecular formula is C18H21F2N3O4. The van der Waals surface area contributed by atoms with Crippen molar-refractivity contribution in [1.29, 1.82) is 0 Å². The summed E-state index contributed by atoms with van der Waals surface area (Å²) in [6.07, 6.45) is 0.410. The van der Waals surface area contributed by atoms with Crippen LogP contribution in [-0.4, -0.2) is 67.4 Å². The van der Waals surface area contributed by atoms with E-state index in [0.29, 0.717) is 26.2 Å². The van der Waals surface area contributed by atoms with Crippen molar-refractivity contribution in [3.8, 4) is 0 Å². The standard InChI is InChI=1S/C18H21F2N3O4/c19-14-7-12(23-9-13(10-24)27-18(23)26)8-15(20)16(14)21-3-5-22(6-4-21)17(25)11-1-2-11/h7-8,11,13,24H,1-6,9-10H2/t13-/m1/s1. The topological polar surface area (TPSA) is 73.3 Å². The van der Waals surface area contributed by atoms with Gasteiger partial charge in [0.1, 0.15) is 11.8 Å². The van der Waals surface area contributed by atoms with Gasteiger partial charge in [-0.2, -0.15) is 0 Å². The van der Waals surface area contributed by atoms with Crippen LogP contribution in [0.5, 0.6) is 0 Å². The molecule has 1 N–H and O–H groups in total. The Morgan fingerprint density at radius 1 is 1.15 bits per heavy atom. The smallest absolute Gasteiger partial charge is 0.414 e. The maximum atomic E-state index is 14.7. The molecule has 7 nitrogen and oxygen atoms in total. The van der Waals surface area contributed by atoms with Gasteiger partial charge >= 0.3 is 6.09 Å². The maximum Gasteiger partial charge on any atom is 0.414 e. The average molecular weight is 381 g/mol. The second-order valence-electron chi connectivity index (χ2n) is 7.14. The molecule has 1 aromatic rings. The lowest BCUT2D eigenvalue weighted by molar-refractivity contribution is -0.132. The zero-order chi connectivity index (χ0) is 19.1. The van der Waals surface area contributed by atoms with Crippen molar-refractivity contribution in [1.82, 2.24) is 4.90 Å². The van der Waals surface area contributed by atoms with E-state index in [1.165, 1.54) is 0 Å². The van der Waals surface area contributed by atoms with Crippen molar-refractivity contribution < 1.29 is 28.2 Å². The Bertz CT molecular complexity index is 740. The summed E-state index contributed by atoms with van der Waals surface area (Å²) in [5.41, 5.74) is -0.0965. The van der Waals surface area contributed by atoms with E-state index >= 15 is 0 Å². The second kappa shape index (κ2) is 6.95. The molecule has 3 fully saturated rings. The highest BCUT2D eigenvalue weighted by atomic mass is 19.1. The van der Waals surface area contributed by atoms with Crippen LogP contribution >= 0.6 is 0 Å². The summed E-state index contributed by atoms with van der Waals surface area (Å²) in [4.78, 5) is 28.4. The Hall–Kier alpha value is -2.42. The second-order valence-corrected chi connectivity index (χ2v) is 7.14. The molecule has 1 aliphatic carbocycles. The van der Waals surface area contributed by atoms with E-state index in [-0.39, 0.29) is 36.4 Å². The predicted octanol–water partition coefficient (Wildman–Crippen LogP) is 1.34. The SMILES string of the molecule is O=C(C1CC1)N1CCN(c2c(F)cc(N3C[C@H](CO)OC3=O)cc2F)CC1. The minimum Gasteiger partial charge on any atom is -0.441 e.